The van der Waals surface area contributed by atoms with Crippen LogP contribution in [0.2, 0.25) is 0 Å². The standard InChI is InChI=1S/C31H31N3O5S2/c1-39-19-7-17-33-26-13-12-21(22-8-6-9-23(30(22)26)31(33)36)20-27(35)25-11-3-5-18-34(25)41(37,38)29-15-14-28(40-29)24-10-2-4-16-32-24/h2,4,6,8-10,12-16,25H,3,5,7,11,17-20H2,1H3. The van der Waals surface area contributed by atoms with E-state index >= 15 is 0 Å². The molecule has 6 rings (SSSR count). The van der Waals surface area contributed by atoms with Crippen molar-refractivity contribution in [2.24, 2.45) is 0 Å². The molecule has 0 N–H and O–H groups in total. The number of ketones is 1. The summed E-state index contributed by atoms with van der Waals surface area (Å²) in [4.78, 5) is 33.9. The number of methoxy groups -OCH3 is 1. The number of Topliss-reactive ketones (excluding diaryl/α,β-unsaturated/α-hetero) is 1. The molecule has 0 spiro atoms. The van der Waals surface area contributed by atoms with Gasteiger partial charge in [0.05, 0.1) is 22.3 Å². The van der Waals surface area contributed by atoms with Crippen molar-refractivity contribution in [3.63, 3.8) is 0 Å². The van der Waals surface area contributed by atoms with Gasteiger partial charge >= 0.3 is 0 Å². The lowest BCUT2D eigenvalue weighted by Crippen LogP contribution is -2.48. The van der Waals surface area contributed by atoms with E-state index in [1.165, 1.54) is 15.6 Å². The maximum Gasteiger partial charge on any atom is 0.258 e. The Hall–Kier alpha value is -3.44. The van der Waals surface area contributed by atoms with E-state index in [9.17, 15) is 18.0 Å². The monoisotopic (exact) mass is 589 g/mol. The molecule has 1 atom stereocenters. The van der Waals surface area contributed by atoms with E-state index in [4.69, 9.17) is 4.74 Å². The highest BCUT2D eigenvalue weighted by molar-refractivity contribution is 7.91. The van der Waals surface area contributed by atoms with Gasteiger partial charge in [-0.3, -0.25) is 14.6 Å². The van der Waals surface area contributed by atoms with E-state index in [-0.39, 0.29) is 22.3 Å². The van der Waals surface area contributed by atoms with Crippen molar-refractivity contribution in [3.8, 4) is 10.6 Å². The number of piperidine rings is 1. The number of carbonyl (C=O) groups excluding carboxylic acids is 2. The van der Waals surface area contributed by atoms with E-state index < -0.39 is 16.1 Å². The molecule has 0 saturated carbocycles. The second-order valence-corrected chi connectivity index (χ2v) is 13.6. The Labute approximate surface area is 243 Å². The topological polar surface area (TPSA) is 96.9 Å². The largest absolute Gasteiger partial charge is 0.385 e. The normalized spacial score (nSPS) is 17.4. The first kappa shape index (κ1) is 27.7. The molecule has 2 aliphatic rings. The molecule has 10 heteroatoms. The van der Waals surface area contributed by atoms with Crippen LogP contribution in [0.25, 0.3) is 21.3 Å². The lowest BCUT2D eigenvalue weighted by Gasteiger charge is -2.33. The van der Waals surface area contributed by atoms with Crippen LogP contribution in [0.5, 0.6) is 0 Å². The summed E-state index contributed by atoms with van der Waals surface area (Å²) in [6.07, 6.45) is 4.49. The van der Waals surface area contributed by atoms with Gasteiger partial charge in [-0.05, 0) is 66.6 Å². The summed E-state index contributed by atoms with van der Waals surface area (Å²) in [6, 6.07) is 17.6. The van der Waals surface area contributed by atoms with Crippen molar-refractivity contribution in [2.75, 3.05) is 31.7 Å². The van der Waals surface area contributed by atoms with Gasteiger partial charge in [0.15, 0.2) is 5.78 Å². The number of rotatable bonds is 10. The van der Waals surface area contributed by atoms with Crippen LogP contribution in [0.15, 0.2) is 71.1 Å². The average molecular weight is 590 g/mol. The number of benzene rings is 2. The zero-order chi connectivity index (χ0) is 28.6. The molecule has 2 aromatic heterocycles. The lowest BCUT2D eigenvalue weighted by molar-refractivity contribution is -0.122. The van der Waals surface area contributed by atoms with Crippen LogP contribution in [0.3, 0.4) is 0 Å². The smallest absolute Gasteiger partial charge is 0.258 e. The number of amides is 1. The molecule has 1 saturated heterocycles. The average Bonchev–Trinajstić information content (AvgIpc) is 3.60. The maximum atomic E-state index is 13.8. The first-order valence-corrected chi connectivity index (χ1v) is 16.1. The first-order valence-electron chi connectivity index (χ1n) is 13.8. The molecule has 1 unspecified atom stereocenters. The molecule has 2 aromatic carbocycles. The lowest BCUT2D eigenvalue weighted by atomic mass is 9.93. The van der Waals surface area contributed by atoms with E-state index in [2.05, 4.69) is 4.98 Å². The quantitative estimate of drug-likeness (QED) is 0.233. The van der Waals surface area contributed by atoms with Crippen molar-refractivity contribution in [3.05, 3.63) is 78.0 Å². The number of anilines is 1. The van der Waals surface area contributed by atoms with Crippen molar-refractivity contribution < 1.29 is 22.7 Å². The van der Waals surface area contributed by atoms with Crippen molar-refractivity contribution in [1.29, 1.82) is 0 Å². The summed E-state index contributed by atoms with van der Waals surface area (Å²) in [6.45, 7) is 1.42. The molecule has 1 fully saturated rings. The Morgan fingerprint density at radius 1 is 1.07 bits per heavy atom. The molecule has 212 valence electrons. The molecular weight excluding hydrogens is 558 g/mol. The van der Waals surface area contributed by atoms with Crippen LogP contribution in [0.1, 0.15) is 41.6 Å². The first-order chi connectivity index (χ1) is 19.9. The molecule has 1 amide bonds. The number of ether oxygens (including phenoxy) is 1. The van der Waals surface area contributed by atoms with Gasteiger partial charge in [0, 0.05) is 50.4 Å². The molecule has 41 heavy (non-hydrogen) atoms. The van der Waals surface area contributed by atoms with Crippen LogP contribution in [-0.4, -0.2) is 62.2 Å². The third-order valence-electron chi connectivity index (χ3n) is 7.86. The van der Waals surface area contributed by atoms with Gasteiger partial charge in [0.2, 0.25) is 0 Å². The maximum absolute atomic E-state index is 13.8. The molecule has 0 radical (unpaired) electrons. The molecule has 0 bridgehead atoms. The summed E-state index contributed by atoms with van der Waals surface area (Å²) in [5.41, 5.74) is 3.00. The van der Waals surface area contributed by atoms with E-state index in [0.717, 1.165) is 39.7 Å². The molecule has 8 nitrogen and oxygen atoms in total. The number of nitrogens with zero attached hydrogens (tertiary/aromatic N) is 3. The fourth-order valence-electron chi connectivity index (χ4n) is 5.89. The fraction of sp³-hybridized carbons (Fsp3) is 0.323. The Morgan fingerprint density at radius 3 is 2.76 bits per heavy atom. The third-order valence-corrected chi connectivity index (χ3v) is 11.3. The summed E-state index contributed by atoms with van der Waals surface area (Å²) in [5, 5.41) is 1.72. The van der Waals surface area contributed by atoms with E-state index in [1.807, 2.05) is 48.5 Å². The van der Waals surface area contributed by atoms with Gasteiger partial charge < -0.3 is 9.64 Å². The minimum Gasteiger partial charge on any atom is -0.385 e. The summed E-state index contributed by atoms with van der Waals surface area (Å²) in [7, 11) is -2.22. The van der Waals surface area contributed by atoms with Crippen molar-refractivity contribution >= 4 is 49.5 Å². The minimum absolute atomic E-state index is 0.0456. The van der Waals surface area contributed by atoms with Gasteiger partial charge in [-0.1, -0.05) is 30.7 Å². The van der Waals surface area contributed by atoms with Gasteiger partial charge in [0.1, 0.15) is 4.21 Å². The van der Waals surface area contributed by atoms with Crippen molar-refractivity contribution in [2.45, 2.75) is 42.4 Å². The number of aromatic nitrogens is 1. The summed E-state index contributed by atoms with van der Waals surface area (Å²) in [5.74, 6) is -0.174. The van der Waals surface area contributed by atoms with Gasteiger partial charge in [-0.25, -0.2) is 8.42 Å². The third kappa shape index (κ3) is 5.10. The minimum atomic E-state index is -3.87. The predicted molar refractivity (Wildman–Crippen MR) is 160 cm³/mol. The van der Waals surface area contributed by atoms with Crippen LogP contribution in [0.4, 0.5) is 5.69 Å². The highest BCUT2D eigenvalue weighted by Crippen LogP contribution is 2.40. The van der Waals surface area contributed by atoms with Gasteiger partial charge in [0.25, 0.3) is 15.9 Å². The number of sulfonamides is 1. The van der Waals surface area contributed by atoms with Gasteiger partial charge in [-0.15, -0.1) is 11.3 Å². The molecule has 4 aromatic rings. The number of hydrogen-bond acceptors (Lipinski definition) is 7. The Balaban J connectivity index is 1.27. The summed E-state index contributed by atoms with van der Waals surface area (Å²) >= 11 is 1.18. The van der Waals surface area contributed by atoms with E-state index in [1.54, 1.807) is 30.3 Å². The van der Waals surface area contributed by atoms with E-state index in [0.29, 0.717) is 43.8 Å². The number of carbonyl (C=O) groups is 2. The van der Waals surface area contributed by atoms with Crippen LogP contribution >= 0.6 is 11.3 Å². The Morgan fingerprint density at radius 2 is 1.95 bits per heavy atom. The SMILES string of the molecule is COCCCN1C(=O)c2cccc3c(CC(=O)C4CCCCN4S(=O)(=O)c4ccc(-c5ccccn5)s4)ccc1c23. The number of pyridine rings is 1. The molecular formula is C31H31N3O5S2. The molecule has 4 heterocycles. The zero-order valence-electron chi connectivity index (χ0n) is 22.8. The molecule has 0 aliphatic carbocycles. The number of hydrogen-bond donors (Lipinski definition) is 0. The number of thiophene rings is 1. The predicted octanol–water partition coefficient (Wildman–Crippen LogP) is 5.32. The van der Waals surface area contributed by atoms with Crippen molar-refractivity contribution in [1.82, 2.24) is 9.29 Å². The second-order valence-electron chi connectivity index (χ2n) is 10.4. The summed E-state index contributed by atoms with van der Waals surface area (Å²) < 4.78 is 34.4. The molecule has 2 aliphatic heterocycles. The van der Waals surface area contributed by atoms with Crippen LogP contribution in [0, 0.1) is 0 Å². The fourth-order valence-corrected chi connectivity index (χ4v) is 8.98. The zero-order valence-corrected chi connectivity index (χ0v) is 24.4. The Kier molecular flexibility index (Phi) is 7.74. The Bertz CT molecular complexity index is 1720. The van der Waals surface area contributed by atoms with Crippen LogP contribution < -0.4 is 4.90 Å². The highest BCUT2D eigenvalue weighted by Gasteiger charge is 2.38. The second kappa shape index (κ2) is 11.4. The van der Waals surface area contributed by atoms with Crippen LogP contribution in [-0.2, 0) is 26.0 Å². The van der Waals surface area contributed by atoms with Gasteiger partial charge in [-0.2, -0.15) is 4.31 Å². The highest BCUT2D eigenvalue weighted by atomic mass is 32.2.